The standard InChI is InChI=1S/C15H19FO2.C8H13ClO.C7H7FO/c1-18-12-8-9-13(14(16)10-12)15(17)11-6-4-2-3-5-7-11;9-8(10)7-5-3-1-2-4-6-7;1-9-7-4-2-3-6(8)5-7/h8-11H,2-7H2,1H3;7H,1-6H2;2-5H,1H3. The number of rotatable bonds is 5. The summed E-state index contributed by atoms with van der Waals surface area (Å²) in [7, 11) is 3.00. The first-order valence-corrected chi connectivity index (χ1v) is 13.6. The van der Waals surface area contributed by atoms with Crippen LogP contribution >= 0.6 is 11.6 Å². The second-order valence-electron chi connectivity index (χ2n) is 9.55. The minimum absolute atomic E-state index is 0.00426. The van der Waals surface area contributed by atoms with Crippen LogP contribution in [0.5, 0.6) is 11.5 Å². The maximum Gasteiger partial charge on any atom is 0.224 e. The van der Waals surface area contributed by atoms with Crippen molar-refractivity contribution in [2.75, 3.05) is 14.2 Å². The van der Waals surface area contributed by atoms with Crippen LogP contribution in [-0.2, 0) is 4.79 Å². The second-order valence-corrected chi connectivity index (χ2v) is 9.93. The molecule has 204 valence electrons. The van der Waals surface area contributed by atoms with Gasteiger partial charge in [-0.1, -0.05) is 57.4 Å². The van der Waals surface area contributed by atoms with E-state index in [1.165, 1.54) is 70.9 Å². The van der Waals surface area contributed by atoms with Crippen molar-refractivity contribution in [3.63, 3.8) is 0 Å². The lowest BCUT2D eigenvalue weighted by atomic mass is 9.91. The highest BCUT2D eigenvalue weighted by Gasteiger charge is 2.24. The van der Waals surface area contributed by atoms with E-state index in [0.29, 0.717) is 11.5 Å². The number of benzene rings is 2. The van der Waals surface area contributed by atoms with Crippen molar-refractivity contribution in [2.45, 2.75) is 77.0 Å². The molecule has 2 aliphatic carbocycles. The van der Waals surface area contributed by atoms with E-state index < -0.39 is 5.82 Å². The summed E-state index contributed by atoms with van der Waals surface area (Å²) in [5.74, 6) is 0.384. The van der Waals surface area contributed by atoms with Crippen LogP contribution in [0.25, 0.3) is 0 Å². The van der Waals surface area contributed by atoms with Crippen molar-refractivity contribution in [3.05, 3.63) is 59.7 Å². The molecule has 2 aliphatic rings. The molecule has 2 aromatic rings. The molecule has 4 nitrogen and oxygen atoms in total. The number of methoxy groups -OCH3 is 2. The normalized spacial score (nSPS) is 16.6. The summed E-state index contributed by atoms with van der Waals surface area (Å²) in [5.41, 5.74) is 0.211. The Hall–Kier alpha value is -2.47. The lowest BCUT2D eigenvalue weighted by molar-refractivity contribution is -0.115. The predicted molar refractivity (Wildman–Crippen MR) is 143 cm³/mol. The number of halogens is 3. The molecule has 0 saturated heterocycles. The Morgan fingerprint density at radius 3 is 1.68 bits per heavy atom. The average molecular weight is 537 g/mol. The molecule has 0 unspecified atom stereocenters. The smallest absolute Gasteiger partial charge is 0.224 e. The first kappa shape index (κ1) is 30.8. The number of hydrogen-bond acceptors (Lipinski definition) is 4. The van der Waals surface area contributed by atoms with Gasteiger partial charge in [-0.3, -0.25) is 9.59 Å². The number of carbonyl (C=O) groups is 2. The zero-order valence-electron chi connectivity index (χ0n) is 21.9. The largest absolute Gasteiger partial charge is 0.497 e. The third kappa shape index (κ3) is 11.2. The molecule has 0 radical (unpaired) electrons. The molecule has 0 N–H and O–H groups in total. The zero-order valence-corrected chi connectivity index (χ0v) is 22.7. The van der Waals surface area contributed by atoms with Crippen molar-refractivity contribution >= 4 is 22.6 Å². The molecule has 7 heteroatoms. The van der Waals surface area contributed by atoms with Crippen LogP contribution in [0.15, 0.2) is 42.5 Å². The highest BCUT2D eigenvalue weighted by atomic mass is 35.5. The molecule has 0 aromatic heterocycles. The van der Waals surface area contributed by atoms with Gasteiger partial charge in [0.15, 0.2) is 5.78 Å². The minimum Gasteiger partial charge on any atom is -0.497 e. The van der Waals surface area contributed by atoms with Crippen LogP contribution in [0.4, 0.5) is 8.78 Å². The fourth-order valence-corrected chi connectivity index (χ4v) is 4.90. The summed E-state index contributed by atoms with van der Waals surface area (Å²) in [5, 5.41) is -0.123. The Bertz CT molecular complexity index is 966. The van der Waals surface area contributed by atoms with Gasteiger partial charge in [0.05, 0.1) is 19.8 Å². The summed E-state index contributed by atoms with van der Waals surface area (Å²) >= 11 is 5.39. The second kappa shape index (κ2) is 17.1. The van der Waals surface area contributed by atoms with E-state index in [0.717, 1.165) is 38.5 Å². The summed E-state index contributed by atoms with van der Waals surface area (Å²) in [6.45, 7) is 0. The van der Waals surface area contributed by atoms with Crippen molar-refractivity contribution in [2.24, 2.45) is 11.8 Å². The summed E-state index contributed by atoms with van der Waals surface area (Å²) < 4.78 is 35.8. The first-order valence-electron chi connectivity index (χ1n) is 13.2. The summed E-state index contributed by atoms with van der Waals surface area (Å²) in [4.78, 5) is 23.0. The Morgan fingerprint density at radius 2 is 1.24 bits per heavy atom. The number of carbonyl (C=O) groups excluding carboxylic acids is 2. The third-order valence-corrected chi connectivity index (χ3v) is 7.18. The van der Waals surface area contributed by atoms with Gasteiger partial charge in [0.1, 0.15) is 23.1 Å². The SMILES string of the molecule is COc1ccc(C(=O)C2CCCCCC2)c(F)c1.COc1cccc(F)c1.O=C(Cl)C1CCCCCC1. The quantitative estimate of drug-likeness (QED) is 0.218. The number of ketones is 1. The Morgan fingerprint density at radius 1 is 0.730 bits per heavy atom. The van der Waals surface area contributed by atoms with Crippen molar-refractivity contribution in [3.8, 4) is 11.5 Å². The summed E-state index contributed by atoms with van der Waals surface area (Å²) in [6.07, 6.45) is 13.3. The number of Topliss-reactive ketones (excluding diaryl/α,β-unsaturated/α-hetero) is 1. The van der Waals surface area contributed by atoms with E-state index in [1.807, 2.05) is 0 Å². The maximum atomic E-state index is 13.8. The molecule has 0 amide bonds. The van der Waals surface area contributed by atoms with Crippen molar-refractivity contribution in [1.29, 1.82) is 0 Å². The van der Waals surface area contributed by atoms with Crippen LogP contribution in [0, 0.1) is 23.5 Å². The fraction of sp³-hybridized carbons (Fsp3) is 0.533. The van der Waals surface area contributed by atoms with Gasteiger partial charge >= 0.3 is 0 Å². The number of hydrogen-bond donors (Lipinski definition) is 0. The van der Waals surface area contributed by atoms with Crippen LogP contribution in [0.2, 0.25) is 0 Å². The minimum atomic E-state index is -0.469. The molecule has 0 bridgehead atoms. The van der Waals surface area contributed by atoms with Crippen LogP contribution in [0.1, 0.15) is 87.4 Å². The van der Waals surface area contributed by atoms with Crippen LogP contribution in [0.3, 0.4) is 0 Å². The maximum absolute atomic E-state index is 13.8. The fourth-order valence-electron chi connectivity index (χ4n) is 4.68. The highest BCUT2D eigenvalue weighted by molar-refractivity contribution is 6.63. The van der Waals surface area contributed by atoms with Gasteiger partial charge in [-0.05, 0) is 61.5 Å². The molecule has 2 saturated carbocycles. The topological polar surface area (TPSA) is 52.6 Å². The van der Waals surface area contributed by atoms with Crippen molar-refractivity contribution in [1.82, 2.24) is 0 Å². The van der Waals surface area contributed by atoms with E-state index in [-0.39, 0.29) is 34.2 Å². The third-order valence-electron chi connectivity index (χ3n) is 6.88. The van der Waals surface area contributed by atoms with Gasteiger partial charge in [0, 0.05) is 24.0 Å². The first-order chi connectivity index (χ1) is 17.8. The Balaban J connectivity index is 0.000000214. The van der Waals surface area contributed by atoms with E-state index in [2.05, 4.69) is 0 Å². The molecule has 37 heavy (non-hydrogen) atoms. The molecule has 0 heterocycles. The Kier molecular flexibility index (Phi) is 14.2. The lowest BCUT2D eigenvalue weighted by Crippen LogP contribution is -2.15. The van der Waals surface area contributed by atoms with Gasteiger partial charge in [-0.15, -0.1) is 0 Å². The molecule has 0 aliphatic heterocycles. The summed E-state index contributed by atoms with van der Waals surface area (Å²) in [6, 6.07) is 10.5. The van der Waals surface area contributed by atoms with Gasteiger partial charge in [0.2, 0.25) is 5.24 Å². The van der Waals surface area contributed by atoms with Crippen molar-refractivity contribution < 1.29 is 27.8 Å². The Labute approximate surface area is 224 Å². The van der Waals surface area contributed by atoms with E-state index in [1.54, 1.807) is 24.3 Å². The van der Waals surface area contributed by atoms with Crippen LogP contribution < -0.4 is 9.47 Å². The molecular weight excluding hydrogens is 498 g/mol. The number of ether oxygens (including phenoxy) is 2. The van der Waals surface area contributed by atoms with E-state index in [9.17, 15) is 18.4 Å². The lowest BCUT2D eigenvalue weighted by Gasteiger charge is -2.13. The van der Waals surface area contributed by atoms with Gasteiger partial charge in [-0.25, -0.2) is 8.78 Å². The molecule has 2 fully saturated rings. The molecule has 0 spiro atoms. The predicted octanol–water partition coefficient (Wildman–Crippen LogP) is 8.54. The van der Waals surface area contributed by atoms with E-state index >= 15 is 0 Å². The molecule has 0 atom stereocenters. The highest BCUT2D eigenvalue weighted by Crippen LogP contribution is 2.28. The molecule has 4 rings (SSSR count). The van der Waals surface area contributed by atoms with Gasteiger partial charge in [-0.2, -0.15) is 0 Å². The molecule has 2 aromatic carbocycles. The van der Waals surface area contributed by atoms with Gasteiger partial charge < -0.3 is 9.47 Å². The monoisotopic (exact) mass is 536 g/mol. The zero-order chi connectivity index (χ0) is 27.0. The van der Waals surface area contributed by atoms with E-state index in [4.69, 9.17) is 21.1 Å². The van der Waals surface area contributed by atoms with Gasteiger partial charge in [0.25, 0.3) is 0 Å². The molecular formula is C30H39ClF2O4. The average Bonchev–Trinajstić information content (AvgIpc) is 3.35. The van der Waals surface area contributed by atoms with Crippen LogP contribution in [-0.4, -0.2) is 25.2 Å².